The van der Waals surface area contributed by atoms with Crippen LogP contribution >= 0.6 is 0 Å². The van der Waals surface area contributed by atoms with E-state index in [2.05, 4.69) is 30.8 Å². The van der Waals surface area contributed by atoms with Gasteiger partial charge in [-0.2, -0.15) is 0 Å². The fourth-order valence-corrected chi connectivity index (χ4v) is 2.22. The Morgan fingerprint density at radius 2 is 1.86 bits per heavy atom. The molecule has 1 aromatic carbocycles. The molecule has 0 bridgehead atoms. The quantitative estimate of drug-likeness (QED) is 0.882. The lowest BCUT2D eigenvalue weighted by atomic mass is 10.2. The minimum Gasteiger partial charge on any atom is -0.493 e. The maximum Gasteiger partial charge on any atom is 0.201 e. The molecule has 0 aliphatic heterocycles. The van der Waals surface area contributed by atoms with Gasteiger partial charge in [-0.05, 0) is 20.9 Å². The Hall–Kier alpha value is -1.95. The lowest BCUT2D eigenvalue weighted by molar-refractivity contribution is 0.264. The number of fused-ring (bicyclic) bond motifs is 1. The third kappa shape index (κ3) is 3.05. The van der Waals surface area contributed by atoms with Crippen LogP contribution in [0.15, 0.2) is 12.1 Å². The smallest absolute Gasteiger partial charge is 0.201 e. The molecule has 116 valence electrons. The van der Waals surface area contributed by atoms with Gasteiger partial charge < -0.3 is 24.7 Å². The number of anilines is 1. The van der Waals surface area contributed by atoms with Crippen molar-refractivity contribution in [2.45, 2.75) is 26.4 Å². The number of methoxy groups -OCH3 is 2. The van der Waals surface area contributed by atoms with Gasteiger partial charge in [0, 0.05) is 31.3 Å². The first kappa shape index (κ1) is 15.4. The molecule has 2 rings (SSSR count). The highest BCUT2D eigenvalue weighted by Gasteiger charge is 2.14. The summed E-state index contributed by atoms with van der Waals surface area (Å²) in [6, 6.07) is 4.27. The summed E-state index contributed by atoms with van der Waals surface area (Å²) in [5.41, 5.74) is 7.83. The van der Waals surface area contributed by atoms with Gasteiger partial charge in [0.05, 0.1) is 25.3 Å². The first-order valence-electron chi connectivity index (χ1n) is 7.06. The molecular weight excluding hydrogens is 268 g/mol. The molecule has 0 aliphatic carbocycles. The number of nitrogens with zero attached hydrogens (tertiary/aromatic N) is 3. The van der Waals surface area contributed by atoms with Crippen LogP contribution in [-0.4, -0.2) is 48.3 Å². The van der Waals surface area contributed by atoms with Crippen LogP contribution in [0.5, 0.6) is 11.5 Å². The highest BCUT2D eigenvalue weighted by molar-refractivity contribution is 5.82. The van der Waals surface area contributed by atoms with E-state index in [0.29, 0.717) is 23.5 Å². The summed E-state index contributed by atoms with van der Waals surface area (Å²) in [6.07, 6.45) is 0. The molecule has 0 unspecified atom stereocenters. The van der Waals surface area contributed by atoms with Crippen molar-refractivity contribution in [2.24, 2.45) is 0 Å². The molecule has 2 aromatic rings. The van der Waals surface area contributed by atoms with E-state index in [9.17, 15) is 0 Å². The first-order valence-corrected chi connectivity index (χ1v) is 7.06. The van der Waals surface area contributed by atoms with E-state index in [1.54, 1.807) is 14.2 Å². The second kappa shape index (κ2) is 6.22. The Bertz CT molecular complexity index is 622. The SMILES string of the molecule is COc1cc2nc(N)n(CCN(C)C(C)C)c2cc1OC. The molecule has 2 N–H and O–H groups in total. The molecule has 21 heavy (non-hydrogen) atoms. The number of likely N-dealkylation sites (N-methyl/N-ethyl adjacent to an activating group) is 1. The summed E-state index contributed by atoms with van der Waals surface area (Å²) in [5, 5.41) is 0. The van der Waals surface area contributed by atoms with Crippen LogP contribution in [0.2, 0.25) is 0 Å². The average molecular weight is 292 g/mol. The lowest BCUT2D eigenvalue weighted by Gasteiger charge is -2.21. The zero-order valence-corrected chi connectivity index (χ0v) is 13.4. The van der Waals surface area contributed by atoms with Crippen molar-refractivity contribution in [1.29, 1.82) is 0 Å². The van der Waals surface area contributed by atoms with Crippen molar-refractivity contribution >= 4 is 17.0 Å². The van der Waals surface area contributed by atoms with Crippen LogP contribution in [0.3, 0.4) is 0 Å². The third-order valence-electron chi connectivity index (χ3n) is 3.84. The normalized spacial score (nSPS) is 11.6. The molecule has 0 amide bonds. The Morgan fingerprint density at radius 1 is 1.24 bits per heavy atom. The number of hydrogen-bond donors (Lipinski definition) is 1. The molecule has 0 saturated carbocycles. The molecule has 0 fully saturated rings. The standard InChI is InChI=1S/C15H24N4O2/c1-10(2)18(3)6-7-19-12-9-14(21-5)13(20-4)8-11(12)17-15(19)16/h8-10H,6-7H2,1-5H3,(H2,16,17). The summed E-state index contributed by atoms with van der Waals surface area (Å²) in [5.74, 6) is 1.86. The van der Waals surface area contributed by atoms with Crippen LogP contribution in [0.25, 0.3) is 11.0 Å². The van der Waals surface area contributed by atoms with E-state index < -0.39 is 0 Å². The fraction of sp³-hybridized carbons (Fsp3) is 0.533. The van der Waals surface area contributed by atoms with Crippen LogP contribution in [0, 0.1) is 0 Å². The van der Waals surface area contributed by atoms with E-state index in [1.165, 1.54) is 0 Å². The summed E-state index contributed by atoms with van der Waals surface area (Å²) < 4.78 is 12.7. The van der Waals surface area contributed by atoms with Gasteiger partial charge in [-0.3, -0.25) is 0 Å². The molecule has 0 saturated heterocycles. The fourth-order valence-electron chi connectivity index (χ4n) is 2.22. The number of aromatic nitrogens is 2. The zero-order valence-electron chi connectivity index (χ0n) is 13.4. The Labute approximate surface area is 125 Å². The van der Waals surface area contributed by atoms with Gasteiger partial charge in [0.15, 0.2) is 11.5 Å². The molecule has 0 radical (unpaired) electrons. The molecule has 6 heteroatoms. The van der Waals surface area contributed by atoms with E-state index in [-0.39, 0.29) is 0 Å². The number of hydrogen-bond acceptors (Lipinski definition) is 5. The van der Waals surface area contributed by atoms with E-state index in [0.717, 1.165) is 24.1 Å². The molecule has 0 aliphatic rings. The second-order valence-electron chi connectivity index (χ2n) is 5.39. The number of nitrogen functional groups attached to an aromatic ring is 1. The molecular formula is C15H24N4O2. The number of imidazole rings is 1. The molecule has 0 spiro atoms. The predicted octanol–water partition coefficient (Wildman–Crippen LogP) is 1.98. The van der Waals surface area contributed by atoms with Crippen LogP contribution in [0.4, 0.5) is 5.95 Å². The van der Waals surface area contributed by atoms with Gasteiger partial charge in [0.2, 0.25) is 5.95 Å². The van der Waals surface area contributed by atoms with E-state index in [1.807, 2.05) is 16.7 Å². The van der Waals surface area contributed by atoms with Crippen molar-refractivity contribution in [2.75, 3.05) is 33.5 Å². The van der Waals surface area contributed by atoms with Gasteiger partial charge in [0.25, 0.3) is 0 Å². The summed E-state index contributed by atoms with van der Waals surface area (Å²) in [4.78, 5) is 6.68. The van der Waals surface area contributed by atoms with E-state index in [4.69, 9.17) is 15.2 Å². The molecule has 1 aromatic heterocycles. The minimum absolute atomic E-state index is 0.496. The average Bonchev–Trinajstić information content (AvgIpc) is 2.77. The number of benzene rings is 1. The zero-order chi connectivity index (χ0) is 15.6. The highest BCUT2D eigenvalue weighted by Crippen LogP contribution is 2.32. The third-order valence-corrected chi connectivity index (χ3v) is 3.84. The van der Waals surface area contributed by atoms with Crippen molar-refractivity contribution in [3.8, 4) is 11.5 Å². The first-order chi connectivity index (χ1) is 9.97. The largest absolute Gasteiger partial charge is 0.493 e. The Kier molecular flexibility index (Phi) is 4.57. The Balaban J connectivity index is 2.37. The Morgan fingerprint density at radius 3 is 2.43 bits per heavy atom. The second-order valence-corrected chi connectivity index (χ2v) is 5.39. The van der Waals surface area contributed by atoms with E-state index >= 15 is 0 Å². The topological polar surface area (TPSA) is 65.5 Å². The monoisotopic (exact) mass is 292 g/mol. The maximum atomic E-state index is 6.05. The van der Waals surface area contributed by atoms with Gasteiger partial charge >= 0.3 is 0 Å². The van der Waals surface area contributed by atoms with Crippen LogP contribution in [0.1, 0.15) is 13.8 Å². The van der Waals surface area contributed by atoms with Gasteiger partial charge in [-0.15, -0.1) is 0 Å². The maximum absolute atomic E-state index is 6.05. The molecule has 6 nitrogen and oxygen atoms in total. The predicted molar refractivity (Wildman–Crippen MR) is 85.0 cm³/mol. The number of rotatable bonds is 6. The minimum atomic E-state index is 0.496. The summed E-state index contributed by atoms with van der Waals surface area (Å²) >= 11 is 0. The van der Waals surface area contributed by atoms with Crippen molar-refractivity contribution in [3.63, 3.8) is 0 Å². The van der Waals surface area contributed by atoms with Gasteiger partial charge in [-0.25, -0.2) is 4.98 Å². The van der Waals surface area contributed by atoms with Crippen LogP contribution < -0.4 is 15.2 Å². The van der Waals surface area contributed by atoms with Crippen LogP contribution in [-0.2, 0) is 6.54 Å². The van der Waals surface area contributed by atoms with Crippen molar-refractivity contribution < 1.29 is 9.47 Å². The molecule has 1 heterocycles. The highest BCUT2D eigenvalue weighted by atomic mass is 16.5. The van der Waals surface area contributed by atoms with Crippen molar-refractivity contribution in [1.82, 2.24) is 14.5 Å². The van der Waals surface area contributed by atoms with Gasteiger partial charge in [0.1, 0.15) is 0 Å². The number of nitrogens with two attached hydrogens (primary N) is 1. The molecule has 0 atom stereocenters. The van der Waals surface area contributed by atoms with Crippen molar-refractivity contribution in [3.05, 3.63) is 12.1 Å². The summed E-state index contributed by atoms with van der Waals surface area (Å²) in [7, 11) is 5.34. The summed E-state index contributed by atoms with van der Waals surface area (Å²) in [6.45, 7) is 6.03. The van der Waals surface area contributed by atoms with Gasteiger partial charge in [-0.1, -0.05) is 0 Å². The lowest BCUT2D eigenvalue weighted by Crippen LogP contribution is -2.29. The number of ether oxygens (including phenoxy) is 2.